The molecule has 1 aliphatic rings. The van der Waals surface area contributed by atoms with Crippen molar-refractivity contribution in [2.45, 2.75) is 32.6 Å². The van der Waals surface area contributed by atoms with Crippen LogP contribution in [0.5, 0.6) is 0 Å². The lowest BCUT2D eigenvalue weighted by Crippen LogP contribution is -2.41. The molecule has 1 atom stereocenters. The number of carbonyl (C=O) groups excluding carboxylic acids is 1. The topological polar surface area (TPSA) is 71.3 Å². The first kappa shape index (κ1) is 19.5. The van der Waals surface area contributed by atoms with Gasteiger partial charge in [-0.1, -0.05) is 34.5 Å². The molecule has 0 saturated carbocycles. The molecule has 29 heavy (non-hydrogen) atoms. The molecule has 4 rings (SSSR count). The number of nitrogens with one attached hydrogen (secondary N) is 1. The summed E-state index contributed by atoms with van der Waals surface area (Å²) < 4.78 is 5.51. The molecule has 2 aromatic carbocycles. The number of nitrogens with zero attached hydrogens (tertiary/aromatic N) is 3. The van der Waals surface area contributed by atoms with Crippen LogP contribution in [0.3, 0.4) is 0 Å². The lowest BCUT2D eigenvalue weighted by Gasteiger charge is -2.31. The summed E-state index contributed by atoms with van der Waals surface area (Å²) in [5.74, 6) is 1.13. The number of likely N-dealkylation sites (tertiary alicyclic amines) is 1. The van der Waals surface area contributed by atoms with Crippen LogP contribution in [-0.4, -0.2) is 34.2 Å². The highest BCUT2D eigenvalue weighted by Crippen LogP contribution is 2.28. The van der Waals surface area contributed by atoms with Crippen molar-refractivity contribution in [2.75, 3.05) is 18.4 Å². The SMILES string of the molecule is Cc1ccc(NC(=O)N2CCCC(c3nc(-c4ccc(Cl)cc4)no3)C2)c(C)c1. The maximum Gasteiger partial charge on any atom is 0.321 e. The third-order valence-electron chi connectivity index (χ3n) is 5.23. The third-order valence-corrected chi connectivity index (χ3v) is 5.48. The Morgan fingerprint density at radius 1 is 1.21 bits per heavy atom. The van der Waals surface area contributed by atoms with Gasteiger partial charge in [0.15, 0.2) is 0 Å². The van der Waals surface area contributed by atoms with Gasteiger partial charge in [-0.05, 0) is 62.6 Å². The minimum absolute atomic E-state index is 0.0298. The zero-order valence-electron chi connectivity index (χ0n) is 16.5. The Morgan fingerprint density at radius 3 is 2.76 bits per heavy atom. The number of aryl methyl sites for hydroxylation is 2. The number of rotatable bonds is 3. The van der Waals surface area contributed by atoms with E-state index in [4.69, 9.17) is 16.1 Å². The molecule has 3 aromatic rings. The first-order valence-corrected chi connectivity index (χ1v) is 10.1. The van der Waals surface area contributed by atoms with Gasteiger partial charge in [-0.2, -0.15) is 4.98 Å². The second kappa shape index (κ2) is 8.25. The summed E-state index contributed by atoms with van der Waals surface area (Å²) in [5.41, 5.74) is 3.91. The number of aromatic nitrogens is 2. The first-order chi connectivity index (χ1) is 14.0. The van der Waals surface area contributed by atoms with E-state index in [1.807, 2.05) is 43.0 Å². The number of amides is 2. The fourth-order valence-electron chi connectivity index (χ4n) is 3.63. The van der Waals surface area contributed by atoms with Crippen LogP contribution in [0.15, 0.2) is 47.0 Å². The molecular weight excluding hydrogens is 388 g/mol. The fourth-order valence-corrected chi connectivity index (χ4v) is 3.75. The van der Waals surface area contributed by atoms with Gasteiger partial charge in [0.1, 0.15) is 0 Å². The van der Waals surface area contributed by atoms with E-state index in [1.165, 1.54) is 5.56 Å². The van der Waals surface area contributed by atoms with E-state index < -0.39 is 0 Å². The minimum Gasteiger partial charge on any atom is -0.339 e. The molecule has 2 amide bonds. The average Bonchev–Trinajstić information content (AvgIpc) is 3.21. The molecule has 1 aromatic heterocycles. The lowest BCUT2D eigenvalue weighted by molar-refractivity contribution is 0.184. The van der Waals surface area contributed by atoms with Crippen molar-refractivity contribution in [3.63, 3.8) is 0 Å². The molecule has 0 bridgehead atoms. The van der Waals surface area contributed by atoms with Gasteiger partial charge in [0.25, 0.3) is 0 Å². The van der Waals surface area contributed by atoms with Crippen LogP contribution in [0.1, 0.15) is 35.8 Å². The zero-order chi connectivity index (χ0) is 20.4. The Hall–Kier alpha value is -2.86. The van der Waals surface area contributed by atoms with Gasteiger partial charge in [0.05, 0.1) is 5.92 Å². The van der Waals surface area contributed by atoms with E-state index >= 15 is 0 Å². The highest BCUT2D eigenvalue weighted by atomic mass is 35.5. The molecule has 0 aliphatic carbocycles. The van der Waals surface area contributed by atoms with Crippen LogP contribution < -0.4 is 5.32 Å². The van der Waals surface area contributed by atoms with Gasteiger partial charge in [-0.15, -0.1) is 0 Å². The second-order valence-corrected chi connectivity index (χ2v) is 7.93. The van der Waals surface area contributed by atoms with E-state index in [2.05, 4.69) is 21.5 Å². The van der Waals surface area contributed by atoms with E-state index in [-0.39, 0.29) is 11.9 Å². The van der Waals surface area contributed by atoms with Crippen LogP contribution >= 0.6 is 11.6 Å². The second-order valence-electron chi connectivity index (χ2n) is 7.50. The molecule has 1 saturated heterocycles. The number of hydrogen-bond donors (Lipinski definition) is 1. The van der Waals surface area contributed by atoms with Gasteiger partial charge < -0.3 is 14.7 Å². The maximum atomic E-state index is 12.8. The summed E-state index contributed by atoms with van der Waals surface area (Å²) in [7, 11) is 0. The minimum atomic E-state index is -0.0981. The summed E-state index contributed by atoms with van der Waals surface area (Å²) in [6, 6.07) is 13.2. The molecule has 6 nitrogen and oxygen atoms in total. The van der Waals surface area contributed by atoms with Crippen LogP contribution in [0.25, 0.3) is 11.4 Å². The number of urea groups is 1. The highest BCUT2D eigenvalue weighted by Gasteiger charge is 2.29. The Kier molecular flexibility index (Phi) is 5.53. The summed E-state index contributed by atoms with van der Waals surface area (Å²) in [4.78, 5) is 19.2. The molecule has 7 heteroatoms. The first-order valence-electron chi connectivity index (χ1n) is 9.72. The van der Waals surface area contributed by atoms with E-state index in [0.717, 1.165) is 29.7 Å². The molecule has 1 N–H and O–H groups in total. The normalized spacial score (nSPS) is 16.7. The van der Waals surface area contributed by atoms with Crippen molar-refractivity contribution in [2.24, 2.45) is 0 Å². The predicted octanol–water partition coefficient (Wildman–Crippen LogP) is 5.42. The third kappa shape index (κ3) is 4.43. The van der Waals surface area contributed by atoms with E-state index in [9.17, 15) is 4.79 Å². The summed E-state index contributed by atoms with van der Waals surface area (Å²) in [6.07, 6.45) is 1.80. The van der Waals surface area contributed by atoms with Crippen molar-refractivity contribution in [1.29, 1.82) is 0 Å². The maximum absolute atomic E-state index is 12.8. The molecule has 1 unspecified atom stereocenters. The largest absolute Gasteiger partial charge is 0.339 e. The number of benzene rings is 2. The summed E-state index contributed by atoms with van der Waals surface area (Å²) in [5, 5.41) is 7.79. The van der Waals surface area contributed by atoms with Gasteiger partial charge in [0, 0.05) is 29.4 Å². The van der Waals surface area contributed by atoms with E-state index in [1.54, 1.807) is 12.1 Å². The molecule has 1 fully saturated rings. The van der Waals surface area contributed by atoms with Crippen LogP contribution in [-0.2, 0) is 0 Å². The predicted molar refractivity (Wildman–Crippen MR) is 113 cm³/mol. The molecular formula is C22H23ClN4O2. The molecule has 150 valence electrons. The number of anilines is 1. The van der Waals surface area contributed by atoms with Crippen LogP contribution in [0, 0.1) is 13.8 Å². The quantitative estimate of drug-likeness (QED) is 0.625. The van der Waals surface area contributed by atoms with Crippen molar-refractivity contribution in [1.82, 2.24) is 15.0 Å². The molecule has 0 radical (unpaired) electrons. The molecule has 1 aliphatic heterocycles. The number of carbonyl (C=O) groups is 1. The standard InChI is InChI=1S/C22H23ClN4O2/c1-14-5-10-19(15(2)12-14)24-22(28)27-11-3-4-17(13-27)21-25-20(26-29-21)16-6-8-18(23)9-7-16/h5-10,12,17H,3-4,11,13H2,1-2H3,(H,24,28). The van der Waals surface area contributed by atoms with Gasteiger partial charge in [0.2, 0.25) is 11.7 Å². The smallest absolute Gasteiger partial charge is 0.321 e. The number of halogens is 1. The van der Waals surface area contributed by atoms with Crippen molar-refractivity contribution in [3.05, 3.63) is 64.5 Å². The number of hydrogen-bond acceptors (Lipinski definition) is 4. The molecule has 2 heterocycles. The summed E-state index contributed by atoms with van der Waals surface area (Å²) >= 11 is 5.94. The Bertz CT molecular complexity index is 1020. The number of piperidine rings is 1. The van der Waals surface area contributed by atoms with Crippen molar-refractivity contribution >= 4 is 23.3 Å². The fraction of sp³-hybridized carbons (Fsp3) is 0.318. The Morgan fingerprint density at radius 2 is 2.00 bits per heavy atom. The average molecular weight is 411 g/mol. The van der Waals surface area contributed by atoms with Crippen molar-refractivity contribution < 1.29 is 9.32 Å². The monoisotopic (exact) mass is 410 g/mol. The van der Waals surface area contributed by atoms with Crippen LogP contribution in [0.4, 0.5) is 10.5 Å². The zero-order valence-corrected chi connectivity index (χ0v) is 17.2. The summed E-state index contributed by atoms with van der Waals surface area (Å²) in [6.45, 7) is 5.30. The highest BCUT2D eigenvalue weighted by molar-refractivity contribution is 6.30. The van der Waals surface area contributed by atoms with Gasteiger partial charge in [-0.25, -0.2) is 4.79 Å². The van der Waals surface area contributed by atoms with Gasteiger partial charge >= 0.3 is 6.03 Å². The lowest BCUT2D eigenvalue weighted by atomic mass is 9.98. The molecule has 0 spiro atoms. The Balaban J connectivity index is 1.44. The Labute approximate surface area is 174 Å². The van der Waals surface area contributed by atoms with E-state index in [0.29, 0.717) is 29.8 Å². The van der Waals surface area contributed by atoms with Crippen molar-refractivity contribution in [3.8, 4) is 11.4 Å². The van der Waals surface area contributed by atoms with Gasteiger partial charge in [-0.3, -0.25) is 0 Å². The van der Waals surface area contributed by atoms with Crippen LogP contribution in [0.2, 0.25) is 5.02 Å².